The Morgan fingerprint density at radius 1 is 0.868 bits per heavy atom. The van der Waals surface area contributed by atoms with Gasteiger partial charge in [-0.3, -0.25) is 24.2 Å². The Morgan fingerprint density at radius 3 is 2.29 bits per heavy atom. The van der Waals surface area contributed by atoms with Gasteiger partial charge >= 0.3 is 0 Å². The molecule has 0 aliphatic carbocycles. The standard InChI is InChI=1S/C30H29N3O4S/c1-37-26-12-10-23(11-13-26)20-31-14-16-32(17-15-31)28(34)25-9-5-8-24(18-25)19-27-29(35)33(30(36)38-27)21-22-6-3-2-4-7-22/h2-13,18-19H,14-17,20-21H2,1H3/b27-19-. The molecule has 2 fully saturated rings. The first-order valence-electron chi connectivity index (χ1n) is 12.5. The monoisotopic (exact) mass is 527 g/mol. The molecule has 3 amide bonds. The first-order valence-corrected chi connectivity index (χ1v) is 13.4. The average molecular weight is 528 g/mol. The van der Waals surface area contributed by atoms with Gasteiger partial charge < -0.3 is 9.64 Å². The van der Waals surface area contributed by atoms with Crippen LogP contribution in [0.3, 0.4) is 0 Å². The Labute approximate surface area is 226 Å². The molecule has 5 rings (SSSR count). The molecule has 2 aliphatic rings. The Bertz CT molecular complexity index is 1350. The highest BCUT2D eigenvalue weighted by Gasteiger charge is 2.35. The second-order valence-corrected chi connectivity index (χ2v) is 10.3. The number of hydrogen-bond donors (Lipinski definition) is 0. The third-order valence-electron chi connectivity index (χ3n) is 6.71. The van der Waals surface area contributed by atoms with Crippen molar-refractivity contribution in [3.8, 4) is 5.75 Å². The zero-order valence-corrected chi connectivity index (χ0v) is 22.0. The lowest BCUT2D eigenvalue weighted by Crippen LogP contribution is -2.48. The Balaban J connectivity index is 1.20. The van der Waals surface area contributed by atoms with Crippen molar-refractivity contribution in [1.29, 1.82) is 0 Å². The molecule has 0 spiro atoms. The molecule has 194 valence electrons. The van der Waals surface area contributed by atoms with E-state index in [0.717, 1.165) is 48.3 Å². The molecule has 7 nitrogen and oxygen atoms in total. The lowest BCUT2D eigenvalue weighted by molar-refractivity contribution is -0.123. The van der Waals surface area contributed by atoms with Gasteiger partial charge in [-0.1, -0.05) is 54.6 Å². The number of ether oxygens (including phenoxy) is 1. The number of benzene rings is 3. The van der Waals surface area contributed by atoms with Gasteiger partial charge in [0.2, 0.25) is 0 Å². The van der Waals surface area contributed by atoms with Crippen LogP contribution in [0.25, 0.3) is 6.08 Å². The summed E-state index contributed by atoms with van der Waals surface area (Å²) >= 11 is 0.932. The van der Waals surface area contributed by atoms with Crippen molar-refractivity contribution in [2.75, 3.05) is 33.3 Å². The number of carbonyl (C=O) groups excluding carboxylic acids is 3. The summed E-state index contributed by atoms with van der Waals surface area (Å²) in [6, 6.07) is 24.7. The van der Waals surface area contributed by atoms with Gasteiger partial charge in [-0.15, -0.1) is 0 Å². The van der Waals surface area contributed by atoms with E-state index in [-0.39, 0.29) is 23.6 Å². The third-order valence-corrected chi connectivity index (χ3v) is 7.62. The highest BCUT2D eigenvalue weighted by Crippen LogP contribution is 2.33. The number of piperazine rings is 1. The first-order chi connectivity index (χ1) is 18.5. The van der Waals surface area contributed by atoms with Gasteiger partial charge in [0.05, 0.1) is 18.6 Å². The van der Waals surface area contributed by atoms with Crippen LogP contribution in [0.15, 0.2) is 83.8 Å². The van der Waals surface area contributed by atoms with Crippen molar-refractivity contribution in [3.63, 3.8) is 0 Å². The van der Waals surface area contributed by atoms with Gasteiger partial charge in [-0.25, -0.2) is 0 Å². The van der Waals surface area contributed by atoms with E-state index in [4.69, 9.17) is 4.74 Å². The Hall–Kier alpha value is -3.88. The molecule has 2 aliphatic heterocycles. The van der Waals surface area contributed by atoms with Gasteiger partial charge in [-0.2, -0.15) is 0 Å². The van der Waals surface area contributed by atoms with Gasteiger partial charge in [-0.05, 0) is 58.8 Å². The topological polar surface area (TPSA) is 70.2 Å². The number of carbonyl (C=O) groups is 3. The fraction of sp³-hybridized carbons (Fsp3) is 0.233. The van der Waals surface area contributed by atoms with Crippen LogP contribution in [0.4, 0.5) is 4.79 Å². The number of methoxy groups -OCH3 is 1. The minimum atomic E-state index is -0.312. The van der Waals surface area contributed by atoms with Crippen molar-refractivity contribution >= 4 is 34.9 Å². The van der Waals surface area contributed by atoms with Crippen molar-refractivity contribution < 1.29 is 19.1 Å². The number of amides is 3. The highest BCUT2D eigenvalue weighted by atomic mass is 32.2. The highest BCUT2D eigenvalue weighted by molar-refractivity contribution is 8.18. The van der Waals surface area contributed by atoms with E-state index in [1.807, 2.05) is 59.5 Å². The number of rotatable bonds is 7. The number of thioether (sulfide) groups is 1. The maximum Gasteiger partial charge on any atom is 0.293 e. The minimum Gasteiger partial charge on any atom is -0.497 e. The van der Waals surface area contributed by atoms with Crippen molar-refractivity contribution in [2.45, 2.75) is 13.1 Å². The number of nitrogens with zero attached hydrogens (tertiary/aromatic N) is 3. The van der Waals surface area contributed by atoms with Crippen LogP contribution in [0.2, 0.25) is 0 Å². The summed E-state index contributed by atoms with van der Waals surface area (Å²) in [6.45, 7) is 3.97. The molecule has 0 bridgehead atoms. The number of imide groups is 1. The molecule has 0 unspecified atom stereocenters. The fourth-order valence-corrected chi connectivity index (χ4v) is 5.43. The summed E-state index contributed by atoms with van der Waals surface area (Å²) in [5, 5.41) is -0.287. The van der Waals surface area contributed by atoms with Gasteiger partial charge in [0, 0.05) is 38.3 Å². The molecular weight excluding hydrogens is 498 g/mol. The molecule has 0 aromatic heterocycles. The SMILES string of the molecule is COc1ccc(CN2CCN(C(=O)c3cccc(/C=C4\SC(=O)N(Cc5ccccc5)C4=O)c3)CC2)cc1. The van der Waals surface area contributed by atoms with Crippen LogP contribution in [0.1, 0.15) is 27.0 Å². The molecule has 2 saturated heterocycles. The lowest BCUT2D eigenvalue weighted by Gasteiger charge is -2.34. The third kappa shape index (κ3) is 5.98. The molecule has 3 aromatic rings. The molecule has 0 N–H and O–H groups in total. The van der Waals surface area contributed by atoms with E-state index < -0.39 is 0 Å². The summed E-state index contributed by atoms with van der Waals surface area (Å²) in [5.41, 5.74) is 3.41. The van der Waals surface area contributed by atoms with Gasteiger partial charge in [0.15, 0.2) is 0 Å². The van der Waals surface area contributed by atoms with Crippen LogP contribution in [0, 0.1) is 0 Å². The summed E-state index contributed by atoms with van der Waals surface area (Å²) in [4.78, 5) is 44.5. The molecule has 3 aromatic carbocycles. The lowest BCUT2D eigenvalue weighted by atomic mass is 10.1. The average Bonchev–Trinajstić information content (AvgIpc) is 3.21. The molecule has 2 heterocycles. The van der Waals surface area contributed by atoms with E-state index in [0.29, 0.717) is 23.6 Å². The summed E-state index contributed by atoms with van der Waals surface area (Å²) in [7, 11) is 1.66. The van der Waals surface area contributed by atoms with Crippen molar-refractivity contribution in [1.82, 2.24) is 14.7 Å². The number of hydrogen-bond acceptors (Lipinski definition) is 6. The van der Waals surface area contributed by atoms with E-state index in [1.54, 1.807) is 25.3 Å². The van der Waals surface area contributed by atoms with E-state index in [2.05, 4.69) is 17.0 Å². The summed E-state index contributed by atoms with van der Waals surface area (Å²) in [6.07, 6.45) is 1.69. The second-order valence-electron chi connectivity index (χ2n) is 9.30. The van der Waals surface area contributed by atoms with E-state index in [9.17, 15) is 14.4 Å². The predicted molar refractivity (Wildman–Crippen MR) is 149 cm³/mol. The predicted octanol–water partition coefficient (Wildman–Crippen LogP) is 4.89. The molecule has 38 heavy (non-hydrogen) atoms. The van der Waals surface area contributed by atoms with Crippen LogP contribution in [-0.2, 0) is 17.9 Å². The van der Waals surface area contributed by atoms with Crippen LogP contribution < -0.4 is 4.74 Å². The Morgan fingerprint density at radius 2 is 1.58 bits per heavy atom. The van der Waals surface area contributed by atoms with Crippen molar-refractivity contribution in [3.05, 3.63) is 106 Å². The fourth-order valence-electron chi connectivity index (χ4n) is 4.60. The summed E-state index contributed by atoms with van der Waals surface area (Å²) in [5.74, 6) is 0.504. The maximum absolute atomic E-state index is 13.2. The minimum absolute atomic E-state index is 0.0264. The smallest absolute Gasteiger partial charge is 0.293 e. The first kappa shape index (κ1) is 25.8. The zero-order valence-electron chi connectivity index (χ0n) is 21.2. The largest absolute Gasteiger partial charge is 0.497 e. The summed E-state index contributed by atoms with van der Waals surface area (Å²) < 4.78 is 5.23. The molecule has 8 heteroatoms. The van der Waals surface area contributed by atoms with Crippen LogP contribution >= 0.6 is 11.8 Å². The molecule has 0 radical (unpaired) electrons. The van der Waals surface area contributed by atoms with Crippen LogP contribution in [-0.4, -0.2) is 65.0 Å². The molecule has 0 atom stereocenters. The van der Waals surface area contributed by atoms with Gasteiger partial charge in [0.1, 0.15) is 5.75 Å². The molecule has 0 saturated carbocycles. The zero-order chi connectivity index (χ0) is 26.5. The van der Waals surface area contributed by atoms with E-state index >= 15 is 0 Å². The van der Waals surface area contributed by atoms with Crippen molar-refractivity contribution in [2.24, 2.45) is 0 Å². The molecular formula is C30H29N3O4S. The van der Waals surface area contributed by atoms with Crippen LogP contribution in [0.5, 0.6) is 5.75 Å². The maximum atomic E-state index is 13.2. The van der Waals surface area contributed by atoms with Gasteiger partial charge in [0.25, 0.3) is 17.1 Å². The second kappa shape index (κ2) is 11.7. The quantitative estimate of drug-likeness (QED) is 0.408. The normalized spacial score (nSPS) is 17.3. The van der Waals surface area contributed by atoms with E-state index in [1.165, 1.54) is 10.5 Å². The Kier molecular flexibility index (Phi) is 7.91.